The van der Waals surface area contributed by atoms with E-state index in [4.69, 9.17) is 131 Å². The standard InChI is InChI=1S/C10H16.2C9H14O2.C9H20O2.C8H16O4.C8H14O4.C7H16O2S2.C7H12.C6H14O2S2.C6H12O2.C6H10O2.4C2H6O/c1-2-9-7-4-5-8(6-7)10(9)3-1;10-5-9(6-11)4-7-1-2-8(9)3-7;10-4-8-6-1-2-7(3-6)9(8)5-11;1-3-8(6-10)5-9(4-2)7-11;2*9-3-7-11-5-1-2-6-12-8-4-10;8-2-6-10-4-1-5-11-7-3-9;1-2-7-4-3-6(1)5-7;7-1-3-9-5-6-10-4-2-8;2*7-5-3-1-2-4-6-8;4*1-2-3/h7-10H,1-6H2;1-2,7-8,10-11H,3-6H2;1-2,6-11H,3-5H2;8-11H,3-7H2,1-2H3;1-2,9-10H,3-8H2;9-10H,3-8H2;8-9H,1-7H2;6-7H,1-5H2;7-8H,1-6H2;1-2,7-8H,3-6H2;7-8H,3-6H2;4*3H,2H2,1H3/b;;;;2-1+;;;;;2-1+;;;;;. The number of aliphatic hydroxyl groups is 22. The van der Waals surface area contributed by atoms with Crippen LogP contribution in [0.5, 0.6) is 0 Å². The Morgan fingerprint density at radius 1 is 0.374 bits per heavy atom. The SMILES string of the molecule is C1CC2C3CCC(C3)C2C1.C1CC2CCC1C2.CCC(CO)CC(CC)CO.CCO.CCO.CCO.CCO.OCC/C=C/CCO.OCC1(CO)CC2C=CC1C2.OCC1C2C=CC(C2)C1CO.OCCC#CCCO.OCCOC/C=C/COCCO.OCCOCC#CCOCCO.OCCSCCCSCCO.OCCSCCSCCO. The molecule has 7 fully saturated rings. The molecule has 0 aliphatic heterocycles. The zero-order valence-corrected chi connectivity index (χ0v) is 80.0. The van der Waals surface area contributed by atoms with E-state index in [1.165, 1.54) is 41.9 Å². The largest absolute Gasteiger partial charge is 0.397 e. The molecule has 0 aromatic rings. The van der Waals surface area contributed by atoms with Crippen LogP contribution in [0.15, 0.2) is 48.6 Å². The predicted octanol–water partition coefficient (Wildman–Crippen LogP) is 7.29. The van der Waals surface area contributed by atoms with Crippen molar-refractivity contribution in [2.45, 2.75) is 183 Å². The molecule has 0 amide bonds. The second-order valence-corrected chi connectivity index (χ2v) is 35.0. The van der Waals surface area contributed by atoms with E-state index in [0.29, 0.717) is 126 Å². The molecule has 0 radical (unpaired) electrons. The van der Waals surface area contributed by atoms with Crippen molar-refractivity contribution in [1.29, 1.82) is 0 Å². The Balaban J connectivity index is -0.000000303. The van der Waals surface area contributed by atoms with Gasteiger partial charge < -0.3 is 131 Å². The van der Waals surface area contributed by atoms with Gasteiger partial charge in [-0.3, -0.25) is 0 Å². The monoisotopic (exact) mass is 1840 g/mol. The van der Waals surface area contributed by atoms with Gasteiger partial charge in [0, 0.05) is 119 Å². The lowest BCUT2D eigenvalue weighted by molar-refractivity contribution is 0.0335. The summed E-state index contributed by atoms with van der Waals surface area (Å²) in [6.45, 7) is 17.9. The normalized spacial score (nSPS) is 22.0. The summed E-state index contributed by atoms with van der Waals surface area (Å²) in [7, 11) is 0. The minimum Gasteiger partial charge on any atom is -0.397 e. The maximum atomic E-state index is 9.14. The quantitative estimate of drug-likeness (QED) is 0.0161. The number of aliphatic hydroxyl groups excluding tert-OH is 22. The molecule has 9 rings (SSSR count). The second-order valence-electron chi connectivity index (χ2n) is 30.1. The van der Waals surface area contributed by atoms with E-state index in [-0.39, 0.29) is 151 Å². The van der Waals surface area contributed by atoms with Gasteiger partial charge in [0.25, 0.3) is 0 Å². The van der Waals surface area contributed by atoms with E-state index >= 15 is 0 Å². The highest BCUT2D eigenvalue weighted by atomic mass is 32.2. The van der Waals surface area contributed by atoms with Gasteiger partial charge in [0.1, 0.15) is 13.2 Å². The van der Waals surface area contributed by atoms with Gasteiger partial charge in [0.05, 0.1) is 119 Å². The zero-order chi connectivity index (χ0) is 93.2. The maximum Gasteiger partial charge on any atom is 0.107 e. The molecule has 123 heavy (non-hydrogen) atoms. The molecule has 734 valence electrons. The average molecular weight is 1840 g/mol. The molecule has 9 aliphatic carbocycles. The van der Waals surface area contributed by atoms with Crippen LogP contribution in [-0.2, 0) is 18.9 Å². The fourth-order valence-electron chi connectivity index (χ4n) is 15.2. The van der Waals surface area contributed by atoms with Gasteiger partial charge >= 0.3 is 0 Å². The third-order valence-electron chi connectivity index (χ3n) is 21.1. The highest BCUT2D eigenvalue weighted by Gasteiger charge is 2.49. The molecule has 0 heterocycles. The van der Waals surface area contributed by atoms with E-state index in [9.17, 15) is 0 Å². The molecule has 8 bridgehead atoms. The van der Waals surface area contributed by atoms with Crippen LogP contribution >= 0.6 is 47.0 Å². The topological polar surface area (TPSA) is 482 Å². The summed E-state index contributed by atoms with van der Waals surface area (Å²) in [6.07, 6.45) is 43.3. The molecule has 26 nitrogen and oxygen atoms in total. The Bertz CT molecular complexity index is 2170. The summed E-state index contributed by atoms with van der Waals surface area (Å²) >= 11 is 7.07. The highest BCUT2D eigenvalue weighted by molar-refractivity contribution is 8.03. The summed E-state index contributed by atoms with van der Waals surface area (Å²) in [4.78, 5) is 0. The van der Waals surface area contributed by atoms with Gasteiger partial charge in [0.2, 0.25) is 0 Å². The lowest BCUT2D eigenvalue weighted by atomic mass is 9.77. The molecule has 0 saturated heterocycles. The Hall–Kier alpha value is -1.56. The predicted molar refractivity (Wildman–Crippen MR) is 507 cm³/mol. The summed E-state index contributed by atoms with van der Waals surface area (Å²) in [6, 6.07) is 0. The Morgan fingerprint density at radius 2 is 0.748 bits per heavy atom. The van der Waals surface area contributed by atoms with Gasteiger partial charge in [-0.1, -0.05) is 119 Å². The fourth-order valence-corrected chi connectivity index (χ4v) is 18.4. The van der Waals surface area contributed by atoms with Crippen molar-refractivity contribution in [3.63, 3.8) is 0 Å². The first-order valence-electron chi connectivity index (χ1n) is 45.6. The third-order valence-corrected chi connectivity index (χ3v) is 25.3. The highest BCUT2D eigenvalue weighted by Crippen LogP contribution is 2.58. The third kappa shape index (κ3) is 79.9. The van der Waals surface area contributed by atoms with Crippen molar-refractivity contribution in [1.82, 2.24) is 0 Å². The van der Waals surface area contributed by atoms with Crippen molar-refractivity contribution in [2.24, 2.45) is 88.3 Å². The lowest BCUT2D eigenvalue weighted by Gasteiger charge is -2.31. The molecule has 22 N–H and O–H groups in total. The van der Waals surface area contributed by atoms with E-state index in [2.05, 4.69) is 61.8 Å². The first kappa shape index (κ1) is 132. The van der Waals surface area contributed by atoms with Crippen LogP contribution in [0, 0.1) is 112 Å². The number of hydrogen-bond donors (Lipinski definition) is 22. The van der Waals surface area contributed by atoms with Crippen LogP contribution in [0.3, 0.4) is 0 Å². The van der Waals surface area contributed by atoms with Crippen molar-refractivity contribution < 1.29 is 131 Å². The van der Waals surface area contributed by atoms with E-state index in [0.717, 1.165) is 84.5 Å². The molecule has 0 spiro atoms. The van der Waals surface area contributed by atoms with Gasteiger partial charge in [0.15, 0.2) is 0 Å². The summed E-state index contributed by atoms with van der Waals surface area (Å²) in [5.41, 5.74) is -0.181. The molecule has 7 saturated carbocycles. The van der Waals surface area contributed by atoms with Crippen LogP contribution in [0.25, 0.3) is 0 Å². The smallest absolute Gasteiger partial charge is 0.107 e. The van der Waals surface area contributed by atoms with Crippen molar-refractivity contribution in [3.05, 3.63) is 48.6 Å². The van der Waals surface area contributed by atoms with Gasteiger partial charge in [-0.25, -0.2) is 0 Å². The van der Waals surface area contributed by atoms with Gasteiger partial charge in [-0.15, -0.1) is 11.8 Å². The number of thioether (sulfide) groups is 4. The fraction of sp³-hybridized carbons (Fsp3) is 0.871. The van der Waals surface area contributed by atoms with Crippen LogP contribution in [0.1, 0.15) is 183 Å². The van der Waals surface area contributed by atoms with Crippen molar-refractivity contribution in [3.8, 4) is 23.7 Å². The van der Waals surface area contributed by atoms with Gasteiger partial charge in [-0.05, 0) is 206 Å². The number of hydrogen-bond acceptors (Lipinski definition) is 30. The molecule has 0 aromatic carbocycles. The van der Waals surface area contributed by atoms with Crippen LogP contribution in [0.2, 0.25) is 0 Å². The summed E-state index contributed by atoms with van der Waals surface area (Å²) in [5, 5.41) is 184. The molecule has 30 heteroatoms. The Labute approximate surface area is 761 Å². The first-order chi connectivity index (χ1) is 60.0. The molecule has 12 unspecified atom stereocenters. The molecular weight excluding hydrogens is 1660 g/mol. The van der Waals surface area contributed by atoms with Crippen LogP contribution in [-0.4, -0.2) is 357 Å². The number of ether oxygens (including phenoxy) is 4. The summed E-state index contributed by atoms with van der Waals surface area (Å²) < 4.78 is 19.6. The maximum absolute atomic E-state index is 9.14. The minimum atomic E-state index is -0.181. The average Bonchev–Trinajstić information content (AvgIpc) is 1.63. The van der Waals surface area contributed by atoms with Crippen molar-refractivity contribution in [2.75, 3.05) is 244 Å². The zero-order valence-electron chi connectivity index (χ0n) is 76.7. The van der Waals surface area contributed by atoms with E-state index in [1.807, 2.05) is 24.3 Å². The first-order valence-corrected chi connectivity index (χ1v) is 50.2. The Morgan fingerprint density at radius 3 is 1.02 bits per heavy atom. The number of fused-ring (bicyclic) bond motifs is 11. The van der Waals surface area contributed by atoms with Crippen LogP contribution < -0.4 is 0 Å². The number of rotatable bonds is 45. The molecule has 9 aliphatic rings. The lowest BCUT2D eigenvalue weighted by Crippen LogP contribution is -2.33. The molecular formula is C93H182O26S4. The van der Waals surface area contributed by atoms with Gasteiger partial charge in [-0.2, -0.15) is 47.0 Å². The molecule has 0 aromatic heterocycles. The summed E-state index contributed by atoms with van der Waals surface area (Å²) in [5.74, 6) is 29.2. The minimum absolute atomic E-state index is 0.0166. The Kier molecular flexibility index (Phi) is 116. The van der Waals surface area contributed by atoms with Crippen molar-refractivity contribution >= 4 is 47.0 Å². The molecule has 12 atom stereocenters. The van der Waals surface area contributed by atoms with E-state index < -0.39 is 0 Å². The van der Waals surface area contributed by atoms with Crippen LogP contribution in [0.4, 0.5) is 0 Å². The second kappa shape index (κ2) is 107. The number of allylic oxidation sites excluding steroid dienone is 4. The van der Waals surface area contributed by atoms with E-state index in [1.54, 1.807) is 145 Å².